The zero-order valence-electron chi connectivity index (χ0n) is 15.0. The van der Waals surface area contributed by atoms with Crippen molar-refractivity contribution in [2.45, 2.75) is 63.5 Å². The van der Waals surface area contributed by atoms with E-state index in [2.05, 4.69) is 39.1 Å². The van der Waals surface area contributed by atoms with Crippen LogP contribution in [-0.2, 0) is 11.3 Å². The molecule has 6 heteroatoms. The summed E-state index contributed by atoms with van der Waals surface area (Å²) in [7, 11) is 0. The maximum Gasteiger partial charge on any atom is 0.233 e. The molecule has 24 heavy (non-hydrogen) atoms. The molecule has 0 saturated carbocycles. The summed E-state index contributed by atoms with van der Waals surface area (Å²) in [4.78, 5) is 12.4. The lowest BCUT2D eigenvalue weighted by atomic mass is 10.0. The van der Waals surface area contributed by atoms with Gasteiger partial charge in [0.25, 0.3) is 0 Å². The summed E-state index contributed by atoms with van der Waals surface area (Å²) in [6, 6.07) is 10.2. The number of aryl methyl sites for hydroxylation is 1. The third-order valence-corrected chi connectivity index (χ3v) is 5.16. The van der Waals surface area contributed by atoms with Crippen molar-refractivity contribution in [3.63, 3.8) is 0 Å². The number of nitrogens with one attached hydrogen (secondary N) is 1. The van der Waals surface area contributed by atoms with Crippen molar-refractivity contribution >= 4 is 17.7 Å². The molecule has 2 aromatic rings. The number of benzene rings is 1. The summed E-state index contributed by atoms with van der Waals surface area (Å²) in [6.45, 7) is 10.7. The molecular weight excluding hydrogens is 320 g/mol. The van der Waals surface area contributed by atoms with Crippen molar-refractivity contribution in [3.8, 4) is 0 Å². The molecule has 1 N–H and O–H groups in total. The van der Waals surface area contributed by atoms with Gasteiger partial charge in [-0.15, -0.1) is 10.2 Å². The molecule has 5 nitrogen and oxygen atoms in total. The zero-order chi connectivity index (χ0) is 17.7. The van der Waals surface area contributed by atoms with Crippen LogP contribution < -0.4 is 5.32 Å². The molecule has 0 saturated heterocycles. The molecule has 0 aliphatic rings. The number of nitrogens with zero attached hydrogens (tertiary/aromatic N) is 3. The molecule has 1 aromatic carbocycles. The average Bonchev–Trinajstić information content (AvgIpc) is 2.88. The molecule has 1 amide bonds. The normalized spacial score (nSPS) is 12.9. The van der Waals surface area contributed by atoms with Gasteiger partial charge in [0, 0.05) is 5.54 Å². The van der Waals surface area contributed by atoms with Gasteiger partial charge in [0.15, 0.2) is 5.16 Å². The largest absolute Gasteiger partial charge is 0.350 e. The van der Waals surface area contributed by atoms with Crippen LogP contribution in [0, 0.1) is 6.92 Å². The van der Waals surface area contributed by atoms with Gasteiger partial charge in [0.2, 0.25) is 5.91 Å². The van der Waals surface area contributed by atoms with Gasteiger partial charge < -0.3 is 9.88 Å². The molecule has 0 radical (unpaired) electrons. The molecule has 1 aromatic heterocycles. The van der Waals surface area contributed by atoms with Crippen LogP contribution in [0.1, 0.15) is 45.5 Å². The van der Waals surface area contributed by atoms with E-state index >= 15 is 0 Å². The first-order valence-electron chi connectivity index (χ1n) is 8.25. The highest BCUT2D eigenvalue weighted by molar-refractivity contribution is 8.00. The fourth-order valence-corrected chi connectivity index (χ4v) is 3.03. The molecule has 0 spiro atoms. The van der Waals surface area contributed by atoms with Crippen LogP contribution in [0.5, 0.6) is 0 Å². The van der Waals surface area contributed by atoms with Crippen LogP contribution in [0.2, 0.25) is 0 Å². The highest BCUT2D eigenvalue weighted by Crippen LogP contribution is 2.24. The molecule has 0 aliphatic carbocycles. The number of carbonyl (C=O) groups excluding carboxylic acids is 1. The van der Waals surface area contributed by atoms with Gasteiger partial charge in [0.1, 0.15) is 5.82 Å². The minimum atomic E-state index is -0.228. The van der Waals surface area contributed by atoms with E-state index in [1.165, 1.54) is 17.3 Å². The Hall–Kier alpha value is -1.82. The number of carbonyl (C=O) groups is 1. The number of hydrogen-bond acceptors (Lipinski definition) is 4. The zero-order valence-corrected chi connectivity index (χ0v) is 15.9. The highest BCUT2D eigenvalue weighted by Gasteiger charge is 2.24. The van der Waals surface area contributed by atoms with E-state index in [1.54, 1.807) is 0 Å². The number of rotatable bonds is 7. The second-order valence-electron chi connectivity index (χ2n) is 6.59. The van der Waals surface area contributed by atoms with Gasteiger partial charge >= 0.3 is 0 Å². The van der Waals surface area contributed by atoms with Gasteiger partial charge in [-0.1, -0.05) is 49.0 Å². The first-order valence-corrected chi connectivity index (χ1v) is 9.13. The van der Waals surface area contributed by atoms with Crippen LogP contribution in [0.4, 0.5) is 0 Å². The topological polar surface area (TPSA) is 59.8 Å². The van der Waals surface area contributed by atoms with Crippen LogP contribution in [-0.4, -0.2) is 31.5 Å². The lowest BCUT2D eigenvalue weighted by molar-refractivity contribution is -0.121. The maximum atomic E-state index is 12.4. The molecule has 0 bridgehead atoms. The van der Waals surface area contributed by atoms with Gasteiger partial charge in [0.05, 0.1) is 11.8 Å². The fourth-order valence-electron chi connectivity index (χ4n) is 2.13. The predicted octanol–water partition coefficient (Wildman–Crippen LogP) is 3.42. The Balaban J connectivity index is 2.09. The summed E-state index contributed by atoms with van der Waals surface area (Å²) in [6.07, 6.45) is 0.888. The molecular formula is C18H26N4OS. The number of aromatic nitrogens is 3. The number of amides is 1. The first kappa shape index (κ1) is 18.5. The summed E-state index contributed by atoms with van der Waals surface area (Å²) in [5.41, 5.74) is 0.992. The summed E-state index contributed by atoms with van der Waals surface area (Å²) < 4.78 is 2.05. The fraction of sp³-hybridized carbons (Fsp3) is 0.500. The van der Waals surface area contributed by atoms with Crippen molar-refractivity contribution in [1.29, 1.82) is 0 Å². The second-order valence-corrected chi connectivity index (χ2v) is 7.90. The predicted molar refractivity (Wildman–Crippen MR) is 98.1 cm³/mol. The van der Waals surface area contributed by atoms with Crippen LogP contribution in [0.15, 0.2) is 35.5 Å². The molecule has 2 rings (SSSR count). The Morgan fingerprint density at radius 1 is 1.29 bits per heavy atom. The Morgan fingerprint density at radius 2 is 1.96 bits per heavy atom. The van der Waals surface area contributed by atoms with Gasteiger partial charge in [-0.3, -0.25) is 4.79 Å². The SMILES string of the molecule is CCC(C)(C)NC(=O)C(C)Sc1nnc(C)n1Cc1ccccc1. The number of thioether (sulfide) groups is 1. The molecule has 0 fully saturated rings. The van der Waals surface area contributed by atoms with Crippen molar-refractivity contribution in [2.24, 2.45) is 0 Å². The van der Waals surface area contributed by atoms with E-state index in [4.69, 9.17) is 0 Å². The smallest absolute Gasteiger partial charge is 0.233 e. The average molecular weight is 347 g/mol. The molecule has 130 valence electrons. The van der Waals surface area contributed by atoms with Crippen molar-refractivity contribution in [1.82, 2.24) is 20.1 Å². The Morgan fingerprint density at radius 3 is 2.58 bits per heavy atom. The lowest BCUT2D eigenvalue weighted by Gasteiger charge is -2.26. The maximum absolute atomic E-state index is 12.4. The van der Waals surface area contributed by atoms with Crippen molar-refractivity contribution in [3.05, 3.63) is 41.7 Å². The Kier molecular flexibility index (Phi) is 6.04. The van der Waals surface area contributed by atoms with E-state index in [9.17, 15) is 4.79 Å². The van der Waals surface area contributed by atoms with E-state index in [0.717, 1.165) is 17.4 Å². The third-order valence-electron chi connectivity index (χ3n) is 4.08. The highest BCUT2D eigenvalue weighted by atomic mass is 32.2. The standard InChI is InChI=1S/C18H26N4OS/c1-6-18(4,5)19-16(23)13(2)24-17-21-20-14(3)22(17)12-15-10-8-7-9-11-15/h7-11,13H,6,12H2,1-5H3,(H,19,23). The second kappa shape index (κ2) is 7.83. The van der Waals surface area contributed by atoms with E-state index in [-0.39, 0.29) is 16.7 Å². The molecule has 1 atom stereocenters. The summed E-state index contributed by atoms with van der Waals surface area (Å²) in [5, 5.41) is 12.1. The molecule has 0 aliphatic heterocycles. The third kappa shape index (κ3) is 4.84. The lowest BCUT2D eigenvalue weighted by Crippen LogP contribution is -2.46. The monoisotopic (exact) mass is 346 g/mol. The summed E-state index contributed by atoms with van der Waals surface area (Å²) in [5.74, 6) is 0.876. The van der Waals surface area contributed by atoms with Crippen molar-refractivity contribution in [2.75, 3.05) is 0 Å². The number of hydrogen-bond donors (Lipinski definition) is 1. The van der Waals surface area contributed by atoms with E-state index in [0.29, 0.717) is 6.54 Å². The Bertz CT molecular complexity index is 682. The Labute approximate surface area is 148 Å². The van der Waals surface area contributed by atoms with Crippen molar-refractivity contribution < 1.29 is 4.79 Å². The first-order chi connectivity index (χ1) is 11.3. The van der Waals surface area contributed by atoms with Gasteiger partial charge in [-0.25, -0.2) is 0 Å². The van der Waals surface area contributed by atoms with Crippen LogP contribution in [0.3, 0.4) is 0 Å². The van der Waals surface area contributed by atoms with Gasteiger partial charge in [-0.05, 0) is 39.7 Å². The summed E-state index contributed by atoms with van der Waals surface area (Å²) >= 11 is 1.45. The molecule has 1 heterocycles. The van der Waals surface area contributed by atoms with Crippen LogP contribution in [0.25, 0.3) is 0 Å². The van der Waals surface area contributed by atoms with E-state index in [1.807, 2.05) is 45.9 Å². The van der Waals surface area contributed by atoms with E-state index < -0.39 is 0 Å². The van der Waals surface area contributed by atoms with Crippen LogP contribution >= 0.6 is 11.8 Å². The minimum Gasteiger partial charge on any atom is -0.350 e. The molecule has 1 unspecified atom stereocenters. The quantitative estimate of drug-likeness (QED) is 0.781. The minimum absolute atomic E-state index is 0.0266. The van der Waals surface area contributed by atoms with Gasteiger partial charge in [-0.2, -0.15) is 0 Å².